The number of fused-ring (bicyclic) bond motifs is 1. The van der Waals surface area contributed by atoms with E-state index in [-0.39, 0.29) is 18.6 Å². The summed E-state index contributed by atoms with van der Waals surface area (Å²) in [5, 5.41) is 0. The summed E-state index contributed by atoms with van der Waals surface area (Å²) in [7, 11) is 0. The predicted molar refractivity (Wildman–Crippen MR) is 78.5 cm³/mol. The summed E-state index contributed by atoms with van der Waals surface area (Å²) in [5.41, 5.74) is 6.86. The molecule has 0 bridgehead atoms. The Morgan fingerprint density at radius 3 is 2.86 bits per heavy atom. The lowest BCUT2D eigenvalue weighted by atomic mass is 9.97. The number of esters is 1. The normalized spacial score (nSPS) is 28.5. The molecule has 2 aliphatic rings. The SMILES string of the molecule is CCOC(=O)[C@@H](N)[C@H]1C[C@H]2CO[C@H](c3ccccc3)N2C1=O. The number of nitrogens with two attached hydrogens (primary N) is 1. The van der Waals surface area contributed by atoms with Crippen LogP contribution in [0.25, 0.3) is 0 Å². The van der Waals surface area contributed by atoms with Crippen molar-refractivity contribution in [3.05, 3.63) is 35.9 Å². The van der Waals surface area contributed by atoms with Crippen LogP contribution < -0.4 is 5.73 Å². The van der Waals surface area contributed by atoms with E-state index in [1.807, 2.05) is 30.3 Å². The molecule has 6 nitrogen and oxygen atoms in total. The predicted octanol–water partition coefficient (Wildman–Crippen LogP) is 0.823. The molecule has 2 N–H and O–H groups in total. The van der Waals surface area contributed by atoms with Gasteiger partial charge in [0.1, 0.15) is 6.04 Å². The van der Waals surface area contributed by atoms with Gasteiger partial charge in [-0.1, -0.05) is 30.3 Å². The first kappa shape index (κ1) is 15.0. The second-order valence-corrected chi connectivity index (χ2v) is 5.62. The third kappa shape index (κ3) is 2.48. The minimum absolute atomic E-state index is 0.0248. The number of rotatable bonds is 4. The van der Waals surface area contributed by atoms with Crippen LogP contribution in [0, 0.1) is 5.92 Å². The van der Waals surface area contributed by atoms with Crippen molar-refractivity contribution in [2.75, 3.05) is 13.2 Å². The third-order valence-corrected chi connectivity index (χ3v) is 4.27. The Balaban J connectivity index is 1.77. The van der Waals surface area contributed by atoms with Crippen LogP contribution >= 0.6 is 0 Å². The maximum Gasteiger partial charge on any atom is 0.323 e. The van der Waals surface area contributed by atoms with Crippen LogP contribution in [0.1, 0.15) is 25.1 Å². The number of carbonyl (C=O) groups excluding carboxylic acids is 2. The molecule has 2 heterocycles. The highest BCUT2D eigenvalue weighted by Gasteiger charge is 2.51. The lowest BCUT2D eigenvalue weighted by Gasteiger charge is -2.24. The van der Waals surface area contributed by atoms with E-state index in [9.17, 15) is 9.59 Å². The van der Waals surface area contributed by atoms with E-state index in [0.29, 0.717) is 13.0 Å². The maximum absolute atomic E-state index is 12.7. The number of nitrogens with zero attached hydrogens (tertiary/aromatic N) is 1. The van der Waals surface area contributed by atoms with Crippen LogP contribution in [-0.4, -0.2) is 42.1 Å². The van der Waals surface area contributed by atoms with Crippen molar-refractivity contribution in [1.29, 1.82) is 0 Å². The van der Waals surface area contributed by atoms with Crippen molar-refractivity contribution in [2.24, 2.45) is 11.7 Å². The average molecular weight is 304 g/mol. The largest absolute Gasteiger partial charge is 0.465 e. The quantitative estimate of drug-likeness (QED) is 0.833. The summed E-state index contributed by atoms with van der Waals surface area (Å²) >= 11 is 0. The molecule has 2 aliphatic heterocycles. The summed E-state index contributed by atoms with van der Waals surface area (Å²) < 4.78 is 10.7. The van der Waals surface area contributed by atoms with Crippen molar-refractivity contribution in [3.8, 4) is 0 Å². The molecular weight excluding hydrogens is 284 g/mol. The Bertz CT molecular complexity index is 563. The number of benzene rings is 1. The van der Waals surface area contributed by atoms with Gasteiger partial charge < -0.3 is 20.1 Å². The molecule has 1 aromatic carbocycles. The lowest BCUT2D eigenvalue weighted by molar-refractivity contribution is -0.150. The summed E-state index contributed by atoms with van der Waals surface area (Å²) in [6.07, 6.45) is 0.139. The van der Waals surface area contributed by atoms with Crippen molar-refractivity contribution < 1.29 is 19.1 Å². The first-order valence-corrected chi connectivity index (χ1v) is 7.54. The molecule has 2 saturated heterocycles. The molecule has 0 saturated carbocycles. The van der Waals surface area contributed by atoms with Gasteiger partial charge in [-0.05, 0) is 13.3 Å². The molecule has 2 fully saturated rings. The fourth-order valence-corrected chi connectivity index (χ4v) is 3.19. The maximum atomic E-state index is 12.7. The highest BCUT2D eigenvalue weighted by molar-refractivity contribution is 5.89. The summed E-state index contributed by atoms with van der Waals surface area (Å²) in [4.78, 5) is 26.2. The number of ether oxygens (including phenoxy) is 2. The minimum Gasteiger partial charge on any atom is -0.465 e. The van der Waals surface area contributed by atoms with Gasteiger partial charge in [-0.2, -0.15) is 0 Å². The van der Waals surface area contributed by atoms with Gasteiger partial charge in [0.05, 0.1) is 25.2 Å². The Kier molecular flexibility index (Phi) is 4.13. The van der Waals surface area contributed by atoms with E-state index in [4.69, 9.17) is 15.2 Å². The van der Waals surface area contributed by atoms with Crippen LogP contribution in [0.4, 0.5) is 0 Å². The molecule has 0 unspecified atom stereocenters. The number of amides is 1. The van der Waals surface area contributed by atoms with Gasteiger partial charge in [0.2, 0.25) is 5.91 Å². The fraction of sp³-hybridized carbons (Fsp3) is 0.500. The van der Waals surface area contributed by atoms with Gasteiger partial charge >= 0.3 is 5.97 Å². The molecule has 22 heavy (non-hydrogen) atoms. The van der Waals surface area contributed by atoms with Crippen molar-refractivity contribution in [1.82, 2.24) is 4.90 Å². The fourth-order valence-electron chi connectivity index (χ4n) is 3.19. The van der Waals surface area contributed by atoms with Crippen molar-refractivity contribution >= 4 is 11.9 Å². The summed E-state index contributed by atoms with van der Waals surface area (Å²) in [6, 6.07) is 8.67. The van der Waals surface area contributed by atoms with E-state index in [0.717, 1.165) is 5.56 Å². The molecule has 3 rings (SSSR count). The average Bonchev–Trinajstić information content (AvgIpc) is 3.08. The number of hydrogen-bond donors (Lipinski definition) is 1. The molecule has 1 amide bonds. The molecule has 0 radical (unpaired) electrons. The molecule has 0 aromatic heterocycles. The number of carbonyl (C=O) groups is 2. The van der Waals surface area contributed by atoms with Crippen molar-refractivity contribution in [3.63, 3.8) is 0 Å². The van der Waals surface area contributed by atoms with Gasteiger partial charge in [0, 0.05) is 5.56 Å². The zero-order valence-corrected chi connectivity index (χ0v) is 12.5. The zero-order valence-electron chi connectivity index (χ0n) is 12.5. The van der Waals surface area contributed by atoms with Crippen LogP contribution in [-0.2, 0) is 19.1 Å². The van der Waals surface area contributed by atoms with E-state index >= 15 is 0 Å². The number of hydrogen-bond acceptors (Lipinski definition) is 5. The van der Waals surface area contributed by atoms with Gasteiger partial charge in [0.15, 0.2) is 6.23 Å². The van der Waals surface area contributed by atoms with Gasteiger partial charge in [-0.15, -0.1) is 0 Å². The van der Waals surface area contributed by atoms with Crippen molar-refractivity contribution in [2.45, 2.75) is 31.7 Å². The van der Waals surface area contributed by atoms with E-state index in [1.165, 1.54) is 0 Å². The zero-order chi connectivity index (χ0) is 15.7. The van der Waals surface area contributed by atoms with Crippen LogP contribution in [0.5, 0.6) is 0 Å². The first-order chi connectivity index (χ1) is 10.6. The van der Waals surface area contributed by atoms with Crippen LogP contribution in [0.15, 0.2) is 30.3 Å². The highest BCUT2D eigenvalue weighted by atomic mass is 16.5. The Labute approximate surface area is 129 Å². The molecular formula is C16H20N2O4. The molecule has 4 atom stereocenters. The molecule has 1 aromatic rings. The highest BCUT2D eigenvalue weighted by Crippen LogP contribution is 2.40. The van der Waals surface area contributed by atoms with Crippen LogP contribution in [0.3, 0.4) is 0 Å². The lowest BCUT2D eigenvalue weighted by Crippen LogP contribution is -2.43. The Hall–Kier alpha value is -1.92. The van der Waals surface area contributed by atoms with Gasteiger partial charge in [-0.25, -0.2) is 0 Å². The van der Waals surface area contributed by atoms with Crippen LogP contribution in [0.2, 0.25) is 0 Å². The Morgan fingerprint density at radius 1 is 1.45 bits per heavy atom. The molecule has 118 valence electrons. The Morgan fingerprint density at radius 2 is 2.18 bits per heavy atom. The second-order valence-electron chi connectivity index (χ2n) is 5.62. The minimum atomic E-state index is -0.908. The molecule has 6 heteroatoms. The van der Waals surface area contributed by atoms with E-state index < -0.39 is 24.2 Å². The first-order valence-electron chi connectivity index (χ1n) is 7.54. The molecule has 0 spiro atoms. The smallest absolute Gasteiger partial charge is 0.323 e. The monoisotopic (exact) mass is 304 g/mol. The van der Waals surface area contributed by atoms with Gasteiger partial charge in [-0.3, -0.25) is 9.59 Å². The van der Waals surface area contributed by atoms with Gasteiger partial charge in [0.25, 0.3) is 0 Å². The second kappa shape index (κ2) is 6.06. The van der Waals surface area contributed by atoms with E-state index in [2.05, 4.69) is 0 Å². The topological polar surface area (TPSA) is 81.9 Å². The summed E-state index contributed by atoms with van der Waals surface area (Å²) in [6.45, 7) is 2.45. The van der Waals surface area contributed by atoms with E-state index in [1.54, 1.807) is 11.8 Å². The third-order valence-electron chi connectivity index (χ3n) is 4.27. The standard InChI is InChI=1S/C16H20N2O4/c1-2-21-16(20)13(17)12-8-11-9-22-15(18(11)14(12)19)10-6-4-3-5-7-10/h3-7,11-13,15H,2,8-9,17H2,1H3/t11-,12+,13-,15+/m0/s1. The molecule has 0 aliphatic carbocycles. The summed E-state index contributed by atoms with van der Waals surface area (Å²) in [5.74, 6) is -1.17.